The Morgan fingerprint density at radius 3 is 2.23 bits per heavy atom. The number of aryl methyl sites for hydroxylation is 1. The predicted octanol–water partition coefficient (Wildman–Crippen LogP) is 7.56. The third-order valence-electron chi connectivity index (χ3n) is 8.58. The Morgan fingerprint density at radius 2 is 1.64 bits per heavy atom. The van der Waals surface area contributed by atoms with Gasteiger partial charge in [0.05, 0.1) is 27.3 Å². The highest BCUT2D eigenvalue weighted by molar-refractivity contribution is 8.24. The molecule has 212 valence electrons. The van der Waals surface area contributed by atoms with Crippen molar-refractivity contribution in [3.63, 3.8) is 0 Å². The third-order valence-corrected chi connectivity index (χ3v) is 11.3. The van der Waals surface area contributed by atoms with E-state index in [0.29, 0.717) is 9.99 Å². The lowest BCUT2D eigenvalue weighted by Crippen LogP contribution is -2.30. The highest BCUT2D eigenvalue weighted by Crippen LogP contribution is 2.57. The minimum Gasteiger partial charge on any atom is -0.461 e. The second kappa shape index (κ2) is 13.1. The van der Waals surface area contributed by atoms with Crippen LogP contribution in [-0.4, -0.2) is 29.3 Å². The molecule has 0 aromatic heterocycles. The largest absolute Gasteiger partial charge is 0.461 e. The Hall–Kier alpha value is -1.95. The first-order valence-electron chi connectivity index (χ1n) is 14.3. The van der Waals surface area contributed by atoms with Crippen LogP contribution in [0, 0.1) is 41.9 Å². The fourth-order valence-corrected chi connectivity index (χ4v) is 8.62. The number of nitrogens with zero attached hydrogens (tertiary/aromatic N) is 1. The quantitative estimate of drug-likeness (QED) is 0.148. The van der Waals surface area contributed by atoms with Gasteiger partial charge in [0.1, 0.15) is 11.8 Å². The van der Waals surface area contributed by atoms with Crippen LogP contribution in [-0.2, 0) is 14.3 Å². The highest BCUT2D eigenvalue weighted by Gasteiger charge is 2.35. The van der Waals surface area contributed by atoms with Crippen molar-refractivity contribution in [2.45, 2.75) is 107 Å². The van der Waals surface area contributed by atoms with Crippen molar-refractivity contribution in [2.24, 2.45) is 23.7 Å². The number of rotatable bonds is 8. The Kier molecular flexibility index (Phi) is 10.1. The summed E-state index contributed by atoms with van der Waals surface area (Å²) in [6, 6.07) is 5.71. The molecule has 0 amide bonds. The zero-order valence-electron chi connectivity index (χ0n) is 23.6. The summed E-state index contributed by atoms with van der Waals surface area (Å²) in [5, 5.41) is 19.6. The van der Waals surface area contributed by atoms with Gasteiger partial charge >= 0.3 is 11.9 Å². The maximum Gasteiger partial charge on any atom is 0.350 e. The van der Waals surface area contributed by atoms with Crippen LogP contribution in [0.15, 0.2) is 31.7 Å². The van der Waals surface area contributed by atoms with Crippen molar-refractivity contribution in [3.05, 3.63) is 27.5 Å². The molecular weight excluding hydrogens is 530 g/mol. The van der Waals surface area contributed by atoms with Crippen LogP contribution in [0.1, 0.15) is 90.5 Å². The highest BCUT2D eigenvalue weighted by atomic mass is 32.2. The summed E-state index contributed by atoms with van der Waals surface area (Å²) >= 11 is 2.62. The fraction of sp³-hybridized carbons (Fsp3) is 0.645. The van der Waals surface area contributed by atoms with E-state index in [1.807, 2.05) is 25.1 Å². The first-order chi connectivity index (χ1) is 18.6. The van der Waals surface area contributed by atoms with Gasteiger partial charge in [0.25, 0.3) is 0 Å². The molecule has 39 heavy (non-hydrogen) atoms. The number of fused-ring (bicyclic) bond motifs is 1. The normalized spacial score (nSPS) is 26.4. The van der Waals surface area contributed by atoms with E-state index in [9.17, 15) is 20.0 Å². The lowest BCUT2D eigenvalue weighted by Gasteiger charge is -2.37. The van der Waals surface area contributed by atoms with Crippen LogP contribution in [0.4, 0.5) is 0 Å². The first kappa shape index (κ1) is 30.0. The molecule has 1 aromatic rings. The van der Waals surface area contributed by atoms with Crippen molar-refractivity contribution in [3.8, 4) is 11.8 Å². The Bertz CT molecular complexity index is 1130. The van der Waals surface area contributed by atoms with Gasteiger partial charge in [0.15, 0.2) is 5.57 Å². The summed E-state index contributed by atoms with van der Waals surface area (Å²) < 4.78 is 11.7. The lowest BCUT2D eigenvalue weighted by atomic mass is 9.69. The van der Waals surface area contributed by atoms with Gasteiger partial charge in [0.2, 0.25) is 0 Å². The standard InChI is InChI=1S/C31H41NO5S2/c1-5-20-7-9-21(10-8-20)22-11-13-23(14-12-22)28(33)37-25-15-6-19(2)26-27(25)39-30(38-26)24(18-32)29(34)36-17-16-31(3,4)35/h6,15,20-23,35H,5,7-14,16-17H2,1-4H3/b30-24-. The summed E-state index contributed by atoms with van der Waals surface area (Å²) in [6.07, 6.45) is 11.0. The van der Waals surface area contributed by atoms with Crippen LogP contribution in [0.5, 0.6) is 5.75 Å². The zero-order valence-corrected chi connectivity index (χ0v) is 25.2. The number of benzene rings is 1. The molecule has 8 heteroatoms. The lowest BCUT2D eigenvalue weighted by molar-refractivity contribution is -0.141. The molecule has 1 N–H and O–H groups in total. The SMILES string of the molecule is CCC1CCC(C2CCC(C(=O)Oc3ccc(C)c4c3S/C(=C(/C#N)C(=O)OCCC(C)(C)O)S4)CC2)CC1. The average molecular weight is 572 g/mol. The fourth-order valence-electron chi connectivity index (χ4n) is 5.98. The molecule has 1 aromatic carbocycles. The van der Waals surface area contributed by atoms with Gasteiger partial charge in [-0.2, -0.15) is 5.26 Å². The second-order valence-corrected chi connectivity index (χ2v) is 14.2. The van der Waals surface area contributed by atoms with E-state index in [-0.39, 0.29) is 30.5 Å². The van der Waals surface area contributed by atoms with Gasteiger partial charge in [-0.1, -0.05) is 55.8 Å². The molecule has 0 unspecified atom stereocenters. The van der Waals surface area contributed by atoms with E-state index in [2.05, 4.69) is 6.92 Å². The van der Waals surface area contributed by atoms with Crippen molar-refractivity contribution < 1.29 is 24.2 Å². The Labute approximate surface area is 241 Å². The molecule has 1 heterocycles. The number of nitriles is 1. The number of esters is 2. The number of hydrogen-bond donors (Lipinski definition) is 1. The molecule has 4 rings (SSSR count). The van der Waals surface area contributed by atoms with Gasteiger partial charge in [0, 0.05) is 11.3 Å². The summed E-state index contributed by atoms with van der Waals surface area (Å²) in [4.78, 5) is 27.5. The molecule has 0 spiro atoms. The minimum absolute atomic E-state index is 0.0210. The topological polar surface area (TPSA) is 96.6 Å². The number of carbonyl (C=O) groups is 2. The van der Waals surface area contributed by atoms with E-state index >= 15 is 0 Å². The maximum absolute atomic E-state index is 13.2. The molecule has 2 fully saturated rings. The van der Waals surface area contributed by atoms with E-state index in [1.54, 1.807) is 13.8 Å². The van der Waals surface area contributed by atoms with Crippen LogP contribution in [0.25, 0.3) is 0 Å². The molecule has 3 aliphatic rings. The smallest absolute Gasteiger partial charge is 0.350 e. The summed E-state index contributed by atoms with van der Waals surface area (Å²) in [5.74, 6) is 1.98. The Morgan fingerprint density at radius 1 is 1.03 bits per heavy atom. The van der Waals surface area contributed by atoms with Crippen molar-refractivity contribution in [1.82, 2.24) is 0 Å². The van der Waals surface area contributed by atoms with Crippen LogP contribution >= 0.6 is 23.5 Å². The summed E-state index contributed by atoms with van der Waals surface area (Å²) in [5.41, 5.74) is -0.0421. The number of ether oxygens (including phenoxy) is 2. The van der Waals surface area contributed by atoms with Crippen molar-refractivity contribution >= 4 is 35.5 Å². The van der Waals surface area contributed by atoms with Gasteiger partial charge < -0.3 is 14.6 Å². The molecule has 0 radical (unpaired) electrons. The minimum atomic E-state index is -0.962. The van der Waals surface area contributed by atoms with E-state index in [1.165, 1.54) is 55.6 Å². The van der Waals surface area contributed by atoms with E-state index in [0.717, 1.165) is 58.8 Å². The molecule has 0 atom stereocenters. The van der Waals surface area contributed by atoms with Crippen LogP contribution in [0.3, 0.4) is 0 Å². The summed E-state index contributed by atoms with van der Waals surface area (Å²) in [6.45, 7) is 7.56. The average Bonchev–Trinajstić information content (AvgIpc) is 3.36. The van der Waals surface area contributed by atoms with Crippen LogP contribution in [0.2, 0.25) is 0 Å². The number of thioether (sulfide) groups is 2. The Balaban J connectivity index is 1.37. The molecule has 1 aliphatic heterocycles. The van der Waals surface area contributed by atoms with Gasteiger partial charge in [-0.15, -0.1) is 0 Å². The monoisotopic (exact) mass is 571 g/mol. The molecule has 2 saturated carbocycles. The number of hydrogen-bond acceptors (Lipinski definition) is 8. The third kappa shape index (κ3) is 7.62. The molecule has 0 saturated heterocycles. The molecule has 0 bridgehead atoms. The van der Waals surface area contributed by atoms with Crippen LogP contribution < -0.4 is 4.74 Å². The predicted molar refractivity (Wildman–Crippen MR) is 154 cm³/mol. The number of carbonyl (C=O) groups excluding carboxylic acids is 2. The molecular formula is C31H41NO5S2. The summed E-state index contributed by atoms with van der Waals surface area (Å²) in [7, 11) is 0. The van der Waals surface area contributed by atoms with Gasteiger partial charge in [-0.3, -0.25) is 4.79 Å². The zero-order chi connectivity index (χ0) is 28.2. The molecule has 6 nitrogen and oxygen atoms in total. The van der Waals surface area contributed by atoms with E-state index < -0.39 is 11.6 Å². The maximum atomic E-state index is 13.2. The van der Waals surface area contributed by atoms with Gasteiger partial charge in [-0.25, -0.2) is 4.79 Å². The van der Waals surface area contributed by atoms with Crippen molar-refractivity contribution in [2.75, 3.05) is 6.61 Å². The molecule has 2 aliphatic carbocycles. The van der Waals surface area contributed by atoms with Gasteiger partial charge in [-0.05, 0) is 88.7 Å². The second-order valence-electron chi connectivity index (χ2n) is 11.9. The first-order valence-corrected chi connectivity index (χ1v) is 16.0. The van der Waals surface area contributed by atoms with E-state index in [4.69, 9.17) is 9.47 Å². The van der Waals surface area contributed by atoms with Crippen molar-refractivity contribution in [1.29, 1.82) is 5.26 Å². The number of aliphatic hydroxyl groups is 1.